The van der Waals surface area contributed by atoms with Gasteiger partial charge in [-0.05, 0) is 49.4 Å². The molecule has 0 fully saturated rings. The first-order valence-electron chi connectivity index (χ1n) is 8.45. The smallest absolute Gasteiger partial charge is 0.229 e. The zero-order valence-corrected chi connectivity index (χ0v) is 16.5. The molecule has 0 saturated heterocycles. The van der Waals surface area contributed by atoms with Gasteiger partial charge in [0.15, 0.2) is 0 Å². The van der Waals surface area contributed by atoms with Crippen LogP contribution in [0.2, 0.25) is 5.02 Å². The number of nitrogens with zero attached hydrogens (tertiary/aromatic N) is 3. The molecule has 2 aromatic carbocycles. The van der Waals surface area contributed by atoms with Gasteiger partial charge in [0, 0.05) is 42.3 Å². The van der Waals surface area contributed by atoms with Crippen molar-refractivity contribution in [1.29, 1.82) is 0 Å². The Labute approximate surface area is 164 Å². The summed E-state index contributed by atoms with van der Waals surface area (Å²) in [4.78, 5) is 11.1. The maximum atomic E-state index is 6.10. The number of aromatic nitrogens is 2. The van der Waals surface area contributed by atoms with Crippen molar-refractivity contribution in [2.45, 2.75) is 6.92 Å². The first kappa shape index (κ1) is 18.8. The summed E-state index contributed by atoms with van der Waals surface area (Å²) in [7, 11) is 5.63. The van der Waals surface area contributed by atoms with Crippen LogP contribution >= 0.6 is 11.6 Å². The number of ether oxygens (including phenoxy) is 1. The second-order valence-electron chi connectivity index (χ2n) is 6.25. The number of hydrogen-bond acceptors (Lipinski definition) is 6. The molecule has 1 aromatic heterocycles. The van der Waals surface area contributed by atoms with Gasteiger partial charge in [0.2, 0.25) is 5.95 Å². The van der Waals surface area contributed by atoms with Gasteiger partial charge in [0.05, 0.1) is 12.8 Å². The summed E-state index contributed by atoms with van der Waals surface area (Å²) in [5, 5.41) is 7.10. The van der Waals surface area contributed by atoms with Gasteiger partial charge in [-0.25, -0.2) is 4.98 Å². The second-order valence-corrected chi connectivity index (χ2v) is 6.69. The van der Waals surface area contributed by atoms with Crippen molar-refractivity contribution in [1.82, 2.24) is 9.97 Å². The average molecular weight is 384 g/mol. The SMILES string of the molecule is COc1ccc(Cl)cc1Nc1cc(C)nc(Nc2ccc(N(C)C)cc2)n1. The molecule has 0 bridgehead atoms. The van der Waals surface area contributed by atoms with Crippen LogP contribution < -0.4 is 20.3 Å². The lowest BCUT2D eigenvalue weighted by atomic mass is 10.2. The summed E-state index contributed by atoms with van der Waals surface area (Å²) in [5.74, 6) is 1.84. The number of benzene rings is 2. The predicted molar refractivity (Wildman–Crippen MR) is 112 cm³/mol. The van der Waals surface area contributed by atoms with Crippen molar-refractivity contribution >= 4 is 40.4 Å². The van der Waals surface area contributed by atoms with Crippen LogP contribution in [0.25, 0.3) is 0 Å². The van der Waals surface area contributed by atoms with Crippen LogP contribution in [0, 0.1) is 6.92 Å². The standard InChI is InChI=1S/C20H22ClN5O/c1-13-11-19(24-17-12-14(21)5-10-18(17)27-4)25-20(22-13)23-15-6-8-16(9-7-15)26(2)3/h5-12H,1-4H3,(H2,22,23,24,25). The zero-order valence-electron chi connectivity index (χ0n) is 15.7. The molecule has 3 aromatic rings. The maximum Gasteiger partial charge on any atom is 0.229 e. The van der Waals surface area contributed by atoms with E-state index in [1.54, 1.807) is 19.2 Å². The van der Waals surface area contributed by atoms with E-state index in [0.717, 1.165) is 22.8 Å². The normalized spacial score (nSPS) is 10.4. The van der Waals surface area contributed by atoms with Gasteiger partial charge in [-0.15, -0.1) is 0 Å². The monoisotopic (exact) mass is 383 g/mol. The molecule has 0 atom stereocenters. The van der Waals surface area contributed by atoms with Crippen molar-refractivity contribution in [2.75, 3.05) is 36.7 Å². The van der Waals surface area contributed by atoms with Crippen molar-refractivity contribution < 1.29 is 4.74 Å². The van der Waals surface area contributed by atoms with Gasteiger partial charge in [-0.3, -0.25) is 0 Å². The van der Waals surface area contributed by atoms with Crippen LogP contribution in [0.5, 0.6) is 5.75 Å². The second kappa shape index (κ2) is 8.14. The van der Waals surface area contributed by atoms with Crippen molar-refractivity contribution in [3.05, 3.63) is 59.2 Å². The summed E-state index contributed by atoms with van der Waals surface area (Å²) < 4.78 is 5.37. The number of hydrogen-bond donors (Lipinski definition) is 2. The molecule has 0 saturated carbocycles. The summed E-state index contributed by atoms with van der Waals surface area (Å²) in [6.07, 6.45) is 0. The van der Waals surface area contributed by atoms with Crippen LogP contribution in [0.3, 0.4) is 0 Å². The summed E-state index contributed by atoms with van der Waals surface area (Å²) >= 11 is 6.10. The minimum absolute atomic E-state index is 0.510. The lowest BCUT2D eigenvalue weighted by molar-refractivity contribution is 0.417. The highest BCUT2D eigenvalue weighted by Gasteiger charge is 2.08. The Balaban J connectivity index is 1.83. The quantitative estimate of drug-likeness (QED) is 0.624. The highest BCUT2D eigenvalue weighted by Crippen LogP contribution is 2.30. The van der Waals surface area contributed by atoms with Crippen LogP contribution in [-0.2, 0) is 0 Å². The van der Waals surface area contributed by atoms with Crippen LogP contribution in [0.4, 0.5) is 28.8 Å². The Morgan fingerprint density at radius 2 is 1.70 bits per heavy atom. The Kier molecular flexibility index (Phi) is 5.66. The molecule has 0 aliphatic rings. The third-order valence-electron chi connectivity index (χ3n) is 3.92. The third kappa shape index (κ3) is 4.80. The van der Waals surface area contributed by atoms with E-state index in [1.807, 2.05) is 62.3 Å². The molecule has 2 N–H and O–H groups in total. The molecule has 3 rings (SSSR count). The third-order valence-corrected chi connectivity index (χ3v) is 4.15. The van der Waals surface area contributed by atoms with Crippen LogP contribution in [0.1, 0.15) is 5.69 Å². The molecule has 0 aliphatic heterocycles. The van der Waals surface area contributed by atoms with Gasteiger partial charge < -0.3 is 20.3 Å². The van der Waals surface area contributed by atoms with Crippen LogP contribution in [-0.4, -0.2) is 31.2 Å². The summed E-state index contributed by atoms with van der Waals surface area (Å²) in [6.45, 7) is 1.92. The maximum absolute atomic E-state index is 6.10. The highest BCUT2D eigenvalue weighted by molar-refractivity contribution is 6.31. The van der Waals surface area contributed by atoms with Gasteiger partial charge in [0.1, 0.15) is 11.6 Å². The molecule has 7 heteroatoms. The van der Waals surface area contributed by atoms with Crippen molar-refractivity contribution in [3.8, 4) is 5.75 Å². The fourth-order valence-electron chi connectivity index (χ4n) is 2.58. The lowest BCUT2D eigenvalue weighted by Crippen LogP contribution is -2.08. The van der Waals surface area contributed by atoms with Crippen molar-refractivity contribution in [3.63, 3.8) is 0 Å². The molecule has 140 valence electrons. The molecule has 27 heavy (non-hydrogen) atoms. The van der Waals surface area contributed by atoms with E-state index in [9.17, 15) is 0 Å². The van der Waals surface area contributed by atoms with E-state index in [-0.39, 0.29) is 0 Å². The van der Waals surface area contributed by atoms with E-state index in [1.165, 1.54) is 0 Å². The van der Waals surface area contributed by atoms with Gasteiger partial charge >= 0.3 is 0 Å². The van der Waals surface area contributed by atoms with Gasteiger partial charge in [0.25, 0.3) is 0 Å². The number of rotatable bonds is 6. The minimum atomic E-state index is 0.510. The molecular weight excluding hydrogens is 362 g/mol. The fraction of sp³-hybridized carbons (Fsp3) is 0.200. The Morgan fingerprint density at radius 1 is 0.963 bits per heavy atom. The Bertz CT molecular complexity index is 928. The number of halogens is 1. The Morgan fingerprint density at radius 3 is 2.37 bits per heavy atom. The molecule has 6 nitrogen and oxygen atoms in total. The van der Waals surface area contributed by atoms with E-state index < -0.39 is 0 Å². The van der Waals surface area contributed by atoms with Gasteiger partial charge in [-0.2, -0.15) is 4.98 Å². The summed E-state index contributed by atoms with van der Waals surface area (Å²) in [5.41, 5.74) is 3.61. The lowest BCUT2D eigenvalue weighted by Gasteiger charge is -2.14. The average Bonchev–Trinajstić information content (AvgIpc) is 2.62. The van der Waals surface area contributed by atoms with Crippen LogP contribution in [0.15, 0.2) is 48.5 Å². The first-order chi connectivity index (χ1) is 12.9. The molecule has 0 spiro atoms. The number of anilines is 5. The molecule has 0 unspecified atom stereocenters. The number of methoxy groups -OCH3 is 1. The molecule has 0 radical (unpaired) electrons. The van der Waals surface area contributed by atoms with E-state index in [4.69, 9.17) is 16.3 Å². The summed E-state index contributed by atoms with van der Waals surface area (Å²) in [6, 6.07) is 15.3. The minimum Gasteiger partial charge on any atom is -0.495 e. The number of nitrogens with one attached hydrogen (secondary N) is 2. The molecule has 0 aliphatic carbocycles. The van der Waals surface area contributed by atoms with E-state index in [2.05, 4.69) is 20.6 Å². The highest BCUT2D eigenvalue weighted by atomic mass is 35.5. The van der Waals surface area contributed by atoms with Crippen molar-refractivity contribution in [2.24, 2.45) is 0 Å². The zero-order chi connectivity index (χ0) is 19.4. The topological polar surface area (TPSA) is 62.3 Å². The fourth-order valence-corrected chi connectivity index (χ4v) is 2.75. The largest absolute Gasteiger partial charge is 0.495 e. The van der Waals surface area contributed by atoms with Gasteiger partial charge in [-0.1, -0.05) is 11.6 Å². The molecular formula is C20H22ClN5O. The molecule has 1 heterocycles. The Hall–Kier alpha value is -2.99. The van der Waals surface area contributed by atoms with E-state index >= 15 is 0 Å². The molecule has 0 amide bonds. The first-order valence-corrected chi connectivity index (χ1v) is 8.83. The number of aryl methyl sites for hydroxylation is 1. The van der Waals surface area contributed by atoms with E-state index in [0.29, 0.717) is 22.5 Å². The predicted octanol–water partition coefficient (Wildman–Crippen LogP) is 5.00.